The number of rotatable bonds is 7. The van der Waals surface area contributed by atoms with Gasteiger partial charge in [0, 0.05) is 0 Å². The van der Waals surface area contributed by atoms with Crippen molar-refractivity contribution in [2.45, 2.75) is 44.3 Å². The highest BCUT2D eigenvalue weighted by Crippen LogP contribution is 2.21. The van der Waals surface area contributed by atoms with Gasteiger partial charge in [0.05, 0.1) is 19.3 Å². The topological polar surface area (TPSA) is 88.0 Å². The molecule has 1 aromatic carbocycles. The molecule has 6 nitrogen and oxygen atoms in total. The van der Waals surface area contributed by atoms with E-state index in [0.29, 0.717) is 6.42 Å². The number of hydrogen-bond donors (Lipinski definition) is 3. The van der Waals surface area contributed by atoms with Gasteiger partial charge in [0.1, 0.15) is 12.2 Å². The zero-order valence-electron chi connectivity index (χ0n) is 11.9. The first-order valence-electron chi connectivity index (χ1n) is 7.07. The number of alkyl carbamates (subject to hydrolysis) is 1. The molecule has 0 saturated carbocycles. The Morgan fingerprint density at radius 1 is 1.38 bits per heavy atom. The van der Waals surface area contributed by atoms with Crippen molar-refractivity contribution in [2.75, 3.05) is 6.61 Å². The maximum Gasteiger partial charge on any atom is 0.407 e. The second-order valence-corrected chi connectivity index (χ2v) is 5.04. The predicted molar refractivity (Wildman–Crippen MR) is 75.6 cm³/mol. The van der Waals surface area contributed by atoms with Crippen molar-refractivity contribution in [1.29, 1.82) is 0 Å². The molecule has 6 heteroatoms. The van der Waals surface area contributed by atoms with E-state index in [9.17, 15) is 15.0 Å². The molecule has 0 aromatic heterocycles. The number of cyclic esters (lactones) is 1. The van der Waals surface area contributed by atoms with Gasteiger partial charge in [-0.05, 0) is 12.0 Å². The van der Waals surface area contributed by atoms with E-state index in [-0.39, 0.29) is 12.6 Å². The minimum absolute atomic E-state index is 0.237. The van der Waals surface area contributed by atoms with E-state index in [1.807, 2.05) is 37.3 Å². The van der Waals surface area contributed by atoms with Crippen molar-refractivity contribution < 1.29 is 24.5 Å². The minimum Gasteiger partial charge on any atom is -0.441 e. The highest BCUT2D eigenvalue weighted by molar-refractivity contribution is 5.70. The standard InChI is InChI=1S/C15H21NO5/c1-2-11-13(21-15(19)16-11)14(12(18)8-17)20-9-10-6-4-3-5-7-10/h3-7,11-14,17-18H,2,8-9H2,1H3,(H,16,19)/t11-,12+,13-,14-/m1/s1. The average Bonchev–Trinajstić information content (AvgIpc) is 2.89. The Morgan fingerprint density at radius 3 is 2.71 bits per heavy atom. The quantitative estimate of drug-likeness (QED) is 0.693. The van der Waals surface area contributed by atoms with Crippen LogP contribution < -0.4 is 5.32 Å². The summed E-state index contributed by atoms with van der Waals surface area (Å²) in [4.78, 5) is 11.4. The Hall–Kier alpha value is -1.63. The zero-order valence-corrected chi connectivity index (χ0v) is 11.9. The first-order chi connectivity index (χ1) is 10.2. The number of aliphatic hydroxyl groups is 2. The van der Waals surface area contributed by atoms with E-state index >= 15 is 0 Å². The molecule has 1 saturated heterocycles. The molecule has 21 heavy (non-hydrogen) atoms. The molecule has 0 spiro atoms. The summed E-state index contributed by atoms with van der Waals surface area (Å²) < 4.78 is 10.9. The number of amides is 1. The fourth-order valence-electron chi connectivity index (χ4n) is 2.40. The van der Waals surface area contributed by atoms with Crippen LogP contribution >= 0.6 is 0 Å². The second kappa shape index (κ2) is 7.40. The van der Waals surface area contributed by atoms with Crippen LogP contribution in [0.15, 0.2) is 30.3 Å². The summed E-state index contributed by atoms with van der Waals surface area (Å²) in [6.45, 7) is 1.73. The molecule has 1 heterocycles. The molecular formula is C15H21NO5. The maximum atomic E-state index is 11.4. The van der Waals surface area contributed by atoms with Gasteiger partial charge in [-0.25, -0.2) is 4.79 Å². The first-order valence-corrected chi connectivity index (χ1v) is 7.07. The molecule has 0 unspecified atom stereocenters. The largest absolute Gasteiger partial charge is 0.441 e. The summed E-state index contributed by atoms with van der Waals surface area (Å²) in [7, 11) is 0. The van der Waals surface area contributed by atoms with Crippen LogP contribution in [0, 0.1) is 0 Å². The van der Waals surface area contributed by atoms with Crippen molar-refractivity contribution in [1.82, 2.24) is 5.32 Å². The zero-order chi connectivity index (χ0) is 15.2. The fourth-order valence-corrected chi connectivity index (χ4v) is 2.40. The van der Waals surface area contributed by atoms with Crippen LogP contribution in [0.3, 0.4) is 0 Å². The molecule has 1 fully saturated rings. The van der Waals surface area contributed by atoms with Crippen molar-refractivity contribution in [3.05, 3.63) is 35.9 Å². The Kier molecular flexibility index (Phi) is 5.55. The van der Waals surface area contributed by atoms with Gasteiger partial charge >= 0.3 is 6.09 Å². The summed E-state index contributed by atoms with van der Waals surface area (Å²) in [6, 6.07) is 9.25. The molecule has 1 aromatic rings. The van der Waals surface area contributed by atoms with Crippen LogP contribution in [0.2, 0.25) is 0 Å². The van der Waals surface area contributed by atoms with Crippen molar-refractivity contribution in [3.8, 4) is 0 Å². The van der Waals surface area contributed by atoms with Gasteiger partial charge in [0.2, 0.25) is 0 Å². The van der Waals surface area contributed by atoms with Crippen LogP contribution in [-0.4, -0.2) is 47.3 Å². The number of carbonyl (C=O) groups is 1. The third-order valence-corrected chi connectivity index (χ3v) is 3.56. The lowest BCUT2D eigenvalue weighted by Crippen LogP contribution is -2.47. The van der Waals surface area contributed by atoms with Gasteiger partial charge in [-0.2, -0.15) is 0 Å². The second-order valence-electron chi connectivity index (χ2n) is 5.04. The number of carbonyl (C=O) groups excluding carboxylic acids is 1. The van der Waals surface area contributed by atoms with E-state index in [1.165, 1.54) is 0 Å². The smallest absolute Gasteiger partial charge is 0.407 e. The van der Waals surface area contributed by atoms with Crippen LogP contribution in [0.1, 0.15) is 18.9 Å². The van der Waals surface area contributed by atoms with Gasteiger partial charge < -0.3 is 25.0 Å². The Morgan fingerprint density at radius 2 is 2.10 bits per heavy atom. The third kappa shape index (κ3) is 3.93. The van der Waals surface area contributed by atoms with Crippen molar-refractivity contribution >= 4 is 6.09 Å². The predicted octanol–water partition coefficient (Wildman–Crippen LogP) is 0.812. The van der Waals surface area contributed by atoms with Crippen LogP contribution in [0.4, 0.5) is 4.79 Å². The summed E-state index contributed by atoms with van der Waals surface area (Å²) in [5.74, 6) is 0. The van der Waals surface area contributed by atoms with Gasteiger partial charge in [-0.15, -0.1) is 0 Å². The molecule has 116 valence electrons. The van der Waals surface area contributed by atoms with Gasteiger partial charge in [0.25, 0.3) is 0 Å². The number of benzene rings is 1. The summed E-state index contributed by atoms with van der Waals surface area (Å²) >= 11 is 0. The van der Waals surface area contributed by atoms with E-state index in [0.717, 1.165) is 5.56 Å². The number of aliphatic hydroxyl groups excluding tert-OH is 2. The molecule has 1 amide bonds. The van der Waals surface area contributed by atoms with E-state index < -0.39 is 31.0 Å². The molecule has 1 aliphatic rings. The molecule has 4 atom stereocenters. The highest BCUT2D eigenvalue weighted by Gasteiger charge is 2.42. The molecule has 1 aliphatic heterocycles. The summed E-state index contributed by atoms with van der Waals surface area (Å²) in [6.07, 6.45) is -2.38. The molecule has 0 bridgehead atoms. The van der Waals surface area contributed by atoms with Crippen molar-refractivity contribution in [2.24, 2.45) is 0 Å². The average molecular weight is 295 g/mol. The normalized spacial score (nSPS) is 24.2. The number of hydrogen-bond acceptors (Lipinski definition) is 5. The van der Waals surface area contributed by atoms with Crippen LogP contribution in [0.5, 0.6) is 0 Å². The maximum absolute atomic E-state index is 11.4. The highest BCUT2D eigenvalue weighted by atomic mass is 16.6. The van der Waals surface area contributed by atoms with Gasteiger partial charge in [0.15, 0.2) is 6.10 Å². The first kappa shape index (κ1) is 15.8. The van der Waals surface area contributed by atoms with E-state index in [1.54, 1.807) is 0 Å². The third-order valence-electron chi connectivity index (χ3n) is 3.56. The summed E-state index contributed by atoms with van der Waals surface area (Å²) in [5.41, 5.74) is 0.943. The fraction of sp³-hybridized carbons (Fsp3) is 0.533. The number of nitrogens with one attached hydrogen (secondary N) is 1. The lowest BCUT2D eigenvalue weighted by molar-refractivity contribution is -0.116. The molecule has 0 radical (unpaired) electrons. The van der Waals surface area contributed by atoms with Crippen molar-refractivity contribution in [3.63, 3.8) is 0 Å². The molecular weight excluding hydrogens is 274 g/mol. The van der Waals surface area contributed by atoms with Crippen LogP contribution in [0.25, 0.3) is 0 Å². The number of ether oxygens (including phenoxy) is 2. The van der Waals surface area contributed by atoms with Gasteiger partial charge in [-0.1, -0.05) is 37.3 Å². The van der Waals surface area contributed by atoms with Gasteiger partial charge in [-0.3, -0.25) is 0 Å². The summed E-state index contributed by atoms with van der Waals surface area (Å²) in [5, 5.41) is 21.8. The van der Waals surface area contributed by atoms with E-state index in [2.05, 4.69) is 5.32 Å². The molecule has 2 rings (SSSR count). The molecule has 3 N–H and O–H groups in total. The lowest BCUT2D eigenvalue weighted by atomic mass is 10.00. The van der Waals surface area contributed by atoms with Crippen LogP contribution in [-0.2, 0) is 16.1 Å². The Labute approximate surface area is 123 Å². The van der Waals surface area contributed by atoms with E-state index in [4.69, 9.17) is 9.47 Å². The Balaban J connectivity index is 2.05. The lowest BCUT2D eigenvalue weighted by Gasteiger charge is -2.28. The monoisotopic (exact) mass is 295 g/mol. The Bertz CT molecular complexity index is 453. The minimum atomic E-state index is -1.11. The SMILES string of the molecule is CC[C@H]1NC(=O)O[C@H]1[C@H](OCc1ccccc1)[C@@H](O)CO. The molecule has 0 aliphatic carbocycles.